The van der Waals surface area contributed by atoms with Crippen molar-refractivity contribution < 1.29 is 4.74 Å². The number of nitrogens with zero attached hydrogens (tertiary/aromatic N) is 2. The molecule has 100 valence electrons. The second-order valence-electron chi connectivity index (χ2n) is 4.72. The number of thioether (sulfide) groups is 1. The first kappa shape index (κ1) is 12.6. The fourth-order valence-corrected chi connectivity index (χ4v) is 3.87. The van der Waals surface area contributed by atoms with Crippen molar-refractivity contribution in [3.63, 3.8) is 0 Å². The highest BCUT2D eigenvalue weighted by atomic mass is 32.2. The summed E-state index contributed by atoms with van der Waals surface area (Å²) in [7, 11) is 3.56. The van der Waals surface area contributed by atoms with Gasteiger partial charge in [0.15, 0.2) is 5.75 Å². The van der Waals surface area contributed by atoms with Gasteiger partial charge in [0.25, 0.3) is 0 Å². The molecule has 0 aliphatic carbocycles. The molecule has 2 N–H and O–H groups in total. The summed E-state index contributed by atoms with van der Waals surface area (Å²) in [6, 6.07) is 8.41. The maximum Gasteiger partial charge on any atom is 0.161 e. The molecule has 2 atom stereocenters. The van der Waals surface area contributed by atoms with Crippen molar-refractivity contribution in [3.8, 4) is 5.75 Å². The molecule has 1 aromatic carbocycles. The molecule has 2 heterocycles. The molecular weight excluding hydrogens is 258 g/mol. The van der Waals surface area contributed by atoms with Crippen LogP contribution in [0.1, 0.15) is 17.3 Å². The minimum Gasteiger partial charge on any atom is -0.493 e. The molecule has 1 aliphatic rings. The summed E-state index contributed by atoms with van der Waals surface area (Å²) in [5.41, 5.74) is 8.79. The summed E-state index contributed by atoms with van der Waals surface area (Å²) < 4.78 is 7.16. The standard InChI is InChI=1S/C14H17N3OS/c1-17-14(10(18-2)8-16-17)13(15)12-7-9-5-3-4-6-11(9)19-12/h3-6,8,12-13H,7,15H2,1-2H3. The van der Waals surface area contributed by atoms with Crippen LogP contribution < -0.4 is 10.5 Å². The third-order valence-corrected chi connectivity index (χ3v) is 4.97. The highest BCUT2D eigenvalue weighted by Crippen LogP contribution is 2.42. The number of aromatic nitrogens is 2. The Morgan fingerprint density at radius 1 is 1.47 bits per heavy atom. The van der Waals surface area contributed by atoms with Crippen molar-refractivity contribution in [1.29, 1.82) is 0 Å². The number of aryl methyl sites for hydroxylation is 1. The SMILES string of the molecule is COc1cnn(C)c1C(N)C1Cc2ccccc2S1. The molecule has 0 bridgehead atoms. The van der Waals surface area contributed by atoms with E-state index in [9.17, 15) is 0 Å². The van der Waals surface area contributed by atoms with Crippen LogP contribution in [-0.4, -0.2) is 22.1 Å². The first-order valence-electron chi connectivity index (χ1n) is 6.26. The first-order valence-corrected chi connectivity index (χ1v) is 7.14. The van der Waals surface area contributed by atoms with Crippen LogP contribution in [0.15, 0.2) is 35.4 Å². The van der Waals surface area contributed by atoms with Gasteiger partial charge in [-0.15, -0.1) is 11.8 Å². The number of fused-ring (bicyclic) bond motifs is 1. The normalized spacial score (nSPS) is 19.2. The lowest BCUT2D eigenvalue weighted by Crippen LogP contribution is -2.26. The third kappa shape index (κ3) is 2.13. The Hall–Kier alpha value is -1.46. The van der Waals surface area contributed by atoms with E-state index < -0.39 is 0 Å². The van der Waals surface area contributed by atoms with Crippen LogP contribution >= 0.6 is 11.8 Å². The van der Waals surface area contributed by atoms with Gasteiger partial charge in [-0.25, -0.2) is 0 Å². The van der Waals surface area contributed by atoms with Gasteiger partial charge in [0.05, 0.1) is 25.0 Å². The molecule has 19 heavy (non-hydrogen) atoms. The van der Waals surface area contributed by atoms with Crippen LogP contribution in [0.5, 0.6) is 5.75 Å². The fraction of sp³-hybridized carbons (Fsp3) is 0.357. The van der Waals surface area contributed by atoms with Gasteiger partial charge >= 0.3 is 0 Å². The van der Waals surface area contributed by atoms with E-state index in [0.717, 1.165) is 17.9 Å². The van der Waals surface area contributed by atoms with Crippen molar-refractivity contribution in [2.75, 3.05) is 7.11 Å². The van der Waals surface area contributed by atoms with Crippen molar-refractivity contribution >= 4 is 11.8 Å². The van der Waals surface area contributed by atoms with Gasteiger partial charge in [-0.1, -0.05) is 18.2 Å². The van der Waals surface area contributed by atoms with Gasteiger partial charge in [0.2, 0.25) is 0 Å². The summed E-state index contributed by atoms with van der Waals surface area (Å²) in [5, 5.41) is 4.57. The average molecular weight is 275 g/mol. The number of hydrogen-bond acceptors (Lipinski definition) is 4. The zero-order valence-electron chi connectivity index (χ0n) is 11.0. The van der Waals surface area contributed by atoms with Crippen molar-refractivity contribution in [2.45, 2.75) is 22.6 Å². The second-order valence-corrected chi connectivity index (χ2v) is 6.00. The van der Waals surface area contributed by atoms with E-state index in [4.69, 9.17) is 10.5 Å². The quantitative estimate of drug-likeness (QED) is 0.932. The number of ether oxygens (including phenoxy) is 1. The molecule has 2 aromatic rings. The lowest BCUT2D eigenvalue weighted by Gasteiger charge is -2.19. The zero-order valence-corrected chi connectivity index (χ0v) is 11.9. The Labute approximate surface area is 116 Å². The zero-order chi connectivity index (χ0) is 13.4. The maximum absolute atomic E-state index is 6.44. The monoisotopic (exact) mass is 275 g/mol. The third-order valence-electron chi connectivity index (χ3n) is 3.56. The van der Waals surface area contributed by atoms with E-state index in [0.29, 0.717) is 5.25 Å². The van der Waals surface area contributed by atoms with Crippen molar-refractivity contribution in [3.05, 3.63) is 41.7 Å². The highest BCUT2D eigenvalue weighted by molar-refractivity contribution is 8.00. The first-order chi connectivity index (χ1) is 9.20. The van der Waals surface area contributed by atoms with Gasteiger partial charge in [0.1, 0.15) is 0 Å². The Kier molecular flexibility index (Phi) is 3.24. The van der Waals surface area contributed by atoms with Crippen LogP contribution in [0.25, 0.3) is 0 Å². The molecule has 4 nitrogen and oxygen atoms in total. The predicted octanol–water partition coefficient (Wildman–Crippen LogP) is 2.15. The van der Waals surface area contributed by atoms with Gasteiger partial charge in [-0.2, -0.15) is 5.10 Å². The molecule has 5 heteroatoms. The van der Waals surface area contributed by atoms with Crippen LogP contribution in [-0.2, 0) is 13.5 Å². The number of methoxy groups -OCH3 is 1. The van der Waals surface area contributed by atoms with Crippen LogP contribution in [0.2, 0.25) is 0 Å². The Morgan fingerprint density at radius 3 is 3.00 bits per heavy atom. The van der Waals surface area contributed by atoms with E-state index in [1.54, 1.807) is 13.3 Å². The fourth-order valence-electron chi connectivity index (χ4n) is 2.55. The van der Waals surface area contributed by atoms with Gasteiger partial charge < -0.3 is 10.5 Å². The molecule has 1 aliphatic heterocycles. The maximum atomic E-state index is 6.44. The van der Waals surface area contributed by atoms with Crippen molar-refractivity contribution in [1.82, 2.24) is 9.78 Å². The van der Waals surface area contributed by atoms with E-state index in [2.05, 4.69) is 29.4 Å². The summed E-state index contributed by atoms with van der Waals surface area (Å²) in [5.74, 6) is 0.770. The smallest absolute Gasteiger partial charge is 0.161 e. The highest BCUT2D eigenvalue weighted by Gasteiger charge is 2.31. The lowest BCUT2D eigenvalue weighted by molar-refractivity contribution is 0.402. The molecular formula is C14H17N3OS. The van der Waals surface area contributed by atoms with E-state index >= 15 is 0 Å². The molecule has 3 rings (SSSR count). The van der Waals surface area contributed by atoms with Gasteiger partial charge in [-0.3, -0.25) is 4.68 Å². The second kappa shape index (κ2) is 4.90. The molecule has 0 spiro atoms. The van der Waals surface area contributed by atoms with Crippen molar-refractivity contribution in [2.24, 2.45) is 12.8 Å². The molecule has 1 aromatic heterocycles. The van der Waals surface area contributed by atoms with Gasteiger partial charge in [0, 0.05) is 17.2 Å². The Morgan fingerprint density at radius 2 is 2.26 bits per heavy atom. The molecule has 0 saturated carbocycles. The predicted molar refractivity (Wildman–Crippen MR) is 76.5 cm³/mol. The van der Waals surface area contributed by atoms with E-state index in [-0.39, 0.29) is 6.04 Å². The molecule has 0 radical (unpaired) electrons. The number of benzene rings is 1. The molecule has 0 amide bonds. The lowest BCUT2D eigenvalue weighted by atomic mass is 10.0. The Balaban J connectivity index is 1.87. The minimum atomic E-state index is -0.0835. The Bertz CT molecular complexity index is 571. The minimum absolute atomic E-state index is 0.0835. The summed E-state index contributed by atoms with van der Waals surface area (Å²) >= 11 is 1.85. The summed E-state index contributed by atoms with van der Waals surface area (Å²) in [6.45, 7) is 0. The van der Waals surface area contributed by atoms with Crippen LogP contribution in [0.3, 0.4) is 0 Å². The van der Waals surface area contributed by atoms with Gasteiger partial charge in [-0.05, 0) is 18.1 Å². The number of hydrogen-bond donors (Lipinski definition) is 1. The molecule has 0 saturated heterocycles. The topological polar surface area (TPSA) is 53.1 Å². The van der Waals surface area contributed by atoms with E-state index in [1.807, 2.05) is 23.5 Å². The van der Waals surface area contributed by atoms with E-state index in [1.165, 1.54) is 10.5 Å². The van der Waals surface area contributed by atoms with Crippen LogP contribution in [0, 0.1) is 0 Å². The summed E-state index contributed by atoms with van der Waals surface area (Å²) in [6.07, 6.45) is 2.72. The van der Waals surface area contributed by atoms with Crippen LogP contribution in [0.4, 0.5) is 0 Å². The summed E-state index contributed by atoms with van der Waals surface area (Å²) in [4.78, 5) is 1.34. The molecule has 2 unspecified atom stereocenters. The molecule has 0 fully saturated rings. The number of nitrogens with two attached hydrogens (primary N) is 1. The largest absolute Gasteiger partial charge is 0.493 e. The number of rotatable bonds is 3. The average Bonchev–Trinajstić information content (AvgIpc) is 3.01.